The van der Waals surface area contributed by atoms with Crippen LogP contribution in [0.25, 0.3) is 0 Å². The summed E-state index contributed by atoms with van der Waals surface area (Å²) in [4.78, 5) is 10.4. The molecule has 1 rings (SSSR count). The minimum absolute atomic E-state index is 0.110. The van der Waals surface area contributed by atoms with Crippen molar-refractivity contribution in [1.29, 1.82) is 0 Å². The molecule has 0 aromatic rings. The van der Waals surface area contributed by atoms with Crippen LogP contribution in [0.4, 0.5) is 0 Å². The van der Waals surface area contributed by atoms with Crippen LogP contribution in [0, 0.1) is 5.92 Å². The Hall–Kier alpha value is -0.570. The van der Waals surface area contributed by atoms with Gasteiger partial charge in [-0.3, -0.25) is 4.79 Å². The van der Waals surface area contributed by atoms with Crippen LogP contribution in [0.3, 0.4) is 0 Å². The molecule has 2 N–H and O–H groups in total. The van der Waals surface area contributed by atoms with E-state index in [4.69, 9.17) is 5.11 Å². The Balaban J connectivity index is 1.85. The molecule has 0 aliphatic heterocycles. The van der Waals surface area contributed by atoms with Crippen molar-refractivity contribution < 1.29 is 15.0 Å². The van der Waals surface area contributed by atoms with Crippen molar-refractivity contribution in [2.75, 3.05) is 0 Å². The number of hydrogen-bond acceptors (Lipinski definition) is 2. The van der Waals surface area contributed by atoms with E-state index in [0.717, 1.165) is 18.8 Å². The zero-order valence-electron chi connectivity index (χ0n) is 13.6. The minimum Gasteiger partial charge on any atom is -0.481 e. The second-order valence-electron chi connectivity index (χ2n) is 6.81. The van der Waals surface area contributed by atoms with Gasteiger partial charge >= 0.3 is 5.97 Å². The highest BCUT2D eigenvalue weighted by molar-refractivity contribution is 5.67. The summed E-state index contributed by atoms with van der Waals surface area (Å²) in [5.74, 6) is 0.0969. The van der Waals surface area contributed by atoms with E-state index in [1.807, 2.05) is 0 Å². The molecule has 1 aliphatic carbocycles. The van der Waals surface area contributed by atoms with Crippen LogP contribution < -0.4 is 0 Å². The van der Waals surface area contributed by atoms with Crippen molar-refractivity contribution >= 4 is 5.97 Å². The molecular weight excluding hydrogens is 264 g/mol. The number of carboxylic acids is 1. The lowest BCUT2D eigenvalue weighted by Gasteiger charge is -2.13. The fourth-order valence-corrected chi connectivity index (χ4v) is 3.48. The second kappa shape index (κ2) is 12.0. The van der Waals surface area contributed by atoms with Gasteiger partial charge in [-0.2, -0.15) is 0 Å². The Labute approximate surface area is 130 Å². The fourth-order valence-electron chi connectivity index (χ4n) is 3.48. The molecule has 0 saturated heterocycles. The lowest BCUT2D eigenvalue weighted by Crippen LogP contribution is -2.12. The molecule has 1 saturated carbocycles. The van der Waals surface area contributed by atoms with E-state index >= 15 is 0 Å². The first-order valence-corrected chi connectivity index (χ1v) is 9.08. The number of aliphatic hydroxyl groups excluding tert-OH is 1. The maximum absolute atomic E-state index is 10.4. The average molecular weight is 298 g/mol. The number of aliphatic carboxylic acids is 1. The molecular formula is C18H34O3. The van der Waals surface area contributed by atoms with Gasteiger partial charge in [0.25, 0.3) is 0 Å². The summed E-state index contributed by atoms with van der Waals surface area (Å²) in [6, 6.07) is 0. The van der Waals surface area contributed by atoms with Gasteiger partial charge < -0.3 is 10.2 Å². The molecule has 0 amide bonds. The molecule has 0 spiro atoms. The second-order valence-corrected chi connectivity index (χ2v) is 6.81. The zero-order valence-corrected chi connectivity index (χ0v) is 13.6. The first kappa shape index (κ1) is 18.5. The van der Waals surface area contributed by atoms with Crippen LogP contribution in [0.5, 0.6) is 0 Å². The summed E-state index contributed by atoms with van der Waals surface area (Å²) in [6.45, 7) is 0. The Bertz CT molecular complexity index is 257. The number of carbonyl (C=O) groups is 1. The maximum atomic E-state index is 10.4. The van der Waals surface area contributed by atoms with E-state index < -0.39 is 12.1 Å². The van der Waals surface area contributed by atoms with Crippen molar-refractivity contribution in [2.24, 2.45) is 5.92 Å². The number of carboxylic acid groups (broad SMARTS) is 1. The molecule has 0 aromatic heterocycles. The van der Waals surface area contributed by atoms with Gasteiger partial charge in [0.15, 0.2) is 0 Å². The predicted molar refractivity (Wildman–Crippen MR) is 86.4 cm³/mol. The van der Waals surface area contributed by atoms with Gasteiger partial charge in [0, 0.05) is 0 Å². The van der Waals surface area contributed by atoms with Crippen molar-refractivity contribution in [3.05, 3.63) is 0 Å². The summed E-state index contributed by atoms with van der Waals surface area (Å²) in [5, 5.41) is 18.0. The van der Waals surface area contributed by atoms with Gasteiger partial charge in [-0.05, 0) is 12.3 Å². The molecule has 0 radical (unpaired) electrons. The van der Waals surface area contributed by atoms with Gasteiger partial charge in [0.05, 0.1) is 12.5 Å². The monoisotopic (exact) mass is 298 g/mol. The number of rotatable bonds is 11. The van der Waals surface area contributed by atoms with E-state index in [1.54, 1.807) is 0 Å². The van der Waals surface area contributed by atoms with Gasteiger partial charge in [-0.15, -0.1) is 0 Å². The highest BCUT2D eigenvalue weighted by Crippen LogP contribution is 2.27. The standard InChI is InChI=1S/C18H34O3/c19-17(15-18(20)21)14-10-4-2-1-3-7-11-16-12-8-5-6-9-13-16/h16-17,19H,1-15H2,(H,20,21)/t17-/m1/s1. The highest BCUT2D eigenvalue weighted by atomic mass is 16.4. The Morgan fingerprint density at radius 3 is 2.10 bits per heavy atom. The molecule has 3 nitrogen and oxygen atoms in total. The quantitative estimate of drug-likeness (QED) is 0.421. The van der Waals surface area contributed by atoms with Gasteiger partial charge in [0.1, 0.15) is 0 Å². The van der Waals surface area contributed by atoms with Crippen LogP contribution in [0.1, 0.15) is 96.3 Å². The Morgan fingerprint density at radius 1 is 0.905 bits per heavy atom. The first-order chi connectivity index (χ1) is 10.2. The summed E-state index contributed by atoms with van der Waals surface area (Å²) < 4.78 is 0. The number of hydrogen-bond donors (Lipinski definition) is 2. The SMILES string of the molecule is O=C(O)C[C@H](O)CCCCCCCCC1CCCCCC1. The third kappa shape index (κ3) is 10.8. The first-order valence-electron chi connectivity index (χ1n) is 9.08. The minimum atomic E-state index is -0.902. The van der Waals surface area contributed by atoms with Crippen LogP contribution in [-0.4, -0.2) is 22.3 Å². The zero-order chi connectivity index (χ0) is 15.3. The largest absolute Gasteiger partial charge is 0.481 e. The lowest BCUT2D eigenvalue weighted by molar-refractivity contribution is -0.139. The van der Waals surface area contributed by atoms with Crippen LogP contribution in [0.2, 0.25) is 0 Å². The van der Waals surface area contributed by atoms with Crippen LogP contribution in [-0.2, 0) is 4.79 Å². The molecule has 124 valence electrons. The predicted octanol–water partition coefficient (Wildman–Crippen LogP) is 4.91. The van der Waals surface area contributed by atoms with Crippen molar-refractivity contribution in [3.63, 3.8) is 0 Å². The molecule has 1 atom stereocenters. The lowest BCUT2D eigenvalue weighted by atomic mass is 9.93. The maximum Gasteiger partial charge on any atom is 0.305 e. The van der Waals surface area contributed by atoms with Crippen molar-refractivity contribution in [1.82, 2.24) is 0 Å². The fraction of sp³-hybridized carbons (Fsp3) is 0.944. The van der Waals surface area contributed by atoms with E-state index in [9.17, 15) is 9.90 Å². The summed E-state index contributed by atoms with van der Waals surface area (Å²) in [7, 11) is 0. The van der Waals surface area contributed by atoms with E-state index in [1.165, 1.54) is 70.6 Å². The van der Waals surface area contributed by atoms with Crippen LogP contribution in [0.15, 0.2) is 0 Å². The van der Waals surface area contributed by atoms with Crippen molar-refractivity contribution in [2.45, 2.75) is 102 Å². The smallest absolute Gasteiger partial charge is 0.305 e. The Kier molecular flexibility index (Phi) is 10.6. The molecule has 0 bridgehead atoms. The van der Waals surface area contributed by atoms with Gasteiger partial charge in [-0.1, -0.05) is 83.5 Å². The molecule has 0 aromatic carbocycles. The third-order valence-corrected chi connectivity index (χ3v) is 4.78. The normalized spacial score (nSPS) is 18.3. The van der Waals surface area contributed by atoms with Crippen molar-refractivity contribution in [3.8, 4) is 0 Å². The molecule has 0 unspecified atom stereocenters. The number of unbranched alkanes of at least 4 members (excludes halogenated alkanes) is 5. The molecule has 1 fully saturated rings. The molecule has 21 heavy (non-hydrogen) atoms. The van der Waals surface area contributed by atoms with E-state index in [0.29, 0.717) is 6.42 Å². The summed E-state index contributed by atoms with van der Waals surface area (Å²) in [5.41, 5.74) is 0. The Morgan fingerprint density at radius 2 is 1.48 bits per heavy atom. The molecule has 3 heteroatoms. The highest BCUT2D eigenvalue weighted by Gasteiger charge is 2.11. The molecule has 0 heterocycles. The van der Waals surface area contributed by atoms with Gasteiger partial charge in [0.2, 0.25) is 0 Å². The van der Waals surface area contributed by atoms with Gasteiger partial charge in [-0.25, -0.2) is 0 Å². The van der Waals surface area contributed by atoms with E-state index in [-0.39, 0.29) is 6.42 Å². The van der Waals surface area contributed by atoms with E-state index in [2.05, 4.69) is 0 Å². The van der Waals surface area contributed by atoms with Crippen LogP contribution >= 0.6 is 0 Å². The topological polar surface area (TPSA) is 57.5 Å². The summed E-state index contributed by atoms with van der Waals surface area (Å²) in [6.07, 6.45) is 17.3. The summed E-state index contributed by atoms with van der Waals surface area (Å²) >= 11 is 0. The number of aliphatic hydroxyl groups is 1. The molecule has 1 aliphatic rings. The third-order valence-electron chi connectivity index (χ3n) is 4.78. The average Bonchev–Trinajstić information content (AvgIpc) is 2.69.